The number of nitro benzene ring substituents is 1. The average Bonchev–Trinajstić information content (AvgIpc) is 2.55. The Labute approximate surface area is 99.2 Å². The molecule has 2 rings (SSSR count). The first-order chi connectivity index (χ1) is 7.80. The molecule has 0 fully saturated rings. The summed E-state index contributed by atoms with van der Waals surface area (Å²) in [5.41, 5.74) is 1.00. The Kier molecular flexibility index (Phi) is 2.41. The minimum Gasteiger partial charge on any atom is -0.329 e. The van der Waals surface area contributed by atoms with Gasteiger partial charge in [0.1, 0.15) is 0 Å². The molecule has 0 aromatic heterocycles. The van der Waals surface area contributed by atoms with Gasteiger partial charge in [-0.05, 0) is 32.4 Å². The first kappa shape index (κ1) is 11.6. The number of amides is 1. The zero-order valence-corrected chi connectivity index (χ0v) is 10.1. The molecule has 0 unspecified atom stereocenters. The van der Waals surface area contributed by atoms with Gasteiger partial charge in [-0.1, -0.05) is 0 Å². The molecule has 0 bridgehead atoms. The molecule has 0 saturated carbocycles. The van der Waals surface area contributed by atoms with Crippen LogP contribution in [0.4, 0.5) is 5.69 Å². The minimum atomic E-state index is -0.479. The Hall–Kier alpha value is -1.91. The van der Waals surface area contributed by atoms with E-state index in [0.29, 0.717) is 12.1 Å². The van der Waals surface area contributed by atoms with Crippen molar-refractivity contribution in [2.75, 3.05) is 0 Å². The van der Waals surface area contributed by atoms with Crippen LogP contribution in [-0.2, 0) is 6.54 Å². The molecule has 0 aliphatic carbocycles. The molecule has 5 heteroatoms. The van der Waals surface area contributed by atoms with Crippen molar-refractivity contribution in [3.63, 3.8) is 0 Å². The molecule has 17 heavy (non-hydrogen) atoms. The number of nitro groups is 1. The predicted octanol–water partition coefficient (Wildman–Crippen LogP) is 2.35. The van der Waals surface area contributed by atoms with Gasteiger partial charge in [0.05, 0.1) is 10.5 Å². The van der Waals surface area contributed by atoms with Crippen molar-refractivity contribution in [1.29, 1.82) is 0 Å². The summed E-state index contributed by atoms with van der Waals surface area (Å²) in [4.78, 5) is 24.0. The first-order valence-corrected chi connectivity index (χ1v) is 5.40. The van der Waals surface area contributed by atoms with Crippen molar-refractivity contribution in [3.05, 3.63) is 39.4 Å². The molecule has 90 valence electrons. The molecule has 1 aliphatic rings. The summed E-state index contributed by atoms with van der Waals surface area (Å²) in [5.74, 6) is -0.129. The Morgan fingerprint density at radius 3 is 2.53 bits per heavy atom. The van der Waals surface area contributed by atoms with Crippen molar-refractivity contribution in [3.8, 4) is 0 Å². The molecule has 1 amide bonds. The summed E-state index contributed by atoms with van der Waals surface area (Å²) in [7, 11) is 0. The summed E-state index contributed by atoms with van der Waals surface area (Å²) in [6, 6.07) is 4.47. The van der Waals surface area contributed by atoms with E-state index in [-0.39, 0.29) is 17.1 Å². The lowest BCUT2D eigenvalue weighted by Gasteiger charge is -2.31. The SMILES string of the molecule is CC(C)(C)N1Cc2ccc([N+](=O)[O-])cc2C1=O. The second kappa shape index (κ2) is 3.55. The van der Waals surface area contributed by atoms with E-state index in [1.165, 1.54) is 12.1 Å². The number of carbonyl (C=O) groups excluding carboxylic acids is 1. The van der Waals surface area contributed by atoms with Crippen LogP contribution in [0.1, 0.15) is 36.7 Å². The van der Waals surface area contributed by atoms with E-state index in [1.54, 1.807) is 11.0 Å². The van der Waals surface area contributed by atoms with Gasteiger partial charge in [-0.3, -0.25) is 14.9 Å². The van der Waals surface area contributed by atoms with Gasteiger partial charge in [0.25, 0.3) is 11.6 Å². The Bertz CT molecular complexity index is 503. The van der Waals surface area contributed by atoms with Crippen LogP contribution >= 0.6 is 0 Å². The minimum absolute atomic E-state index is 0.0344. The maximum atomic E-state index is 12.1. The highest BCUT2D eigenvalue weighted by Gasteiger charge is 2.35. The van der Waals surface area contributed by atoms with Gasteiger partial charge in [0, 0.05) is 24.2 Å². The maximum Gasteiger partial charge on any atom is 0.270 e. The number of benzene rings is 1. The number of non-ortho nitro benzene ring substituents is 1. The second-order valence-electron chi connectivity index (χ2n) is 5.16. The Balaban J connectivity index is 2.43. The number of hydrogen-bond acceptors (Lipinski definition) is 3. The molecule has 0 atom stereocenters. The van der Waals surface area contributed by atoms with Crippen molar-refractivity contribution in [1.82, 2.24) is 4.90 Å². The van der Waals surface area contributed by atoms with E-state index in [4.69, 9.17) is 0 Å². The van der Waals surface area contributed by atoms with Gasteiger partial charge in [-0.2, -0.15) is 0 Å². The van der Waals surface area contributed by atoms with Crippen LogP contribution in [0, 0.1) is 10.1 Å². The van der Waals surface area contributed by atoms with Gasteiger partial charge < -0.3 is 4.90 Å². The maximum absolute atomic E-state index is 12.1. The van der Waals surface area contributed by atoms with Gasteiger partial charge in [0.15, 0.2) is 0 Å². The molecule has 0 N–H and O–H groups in total. The van der Waals surface area contributed by atoms with Gasteiger partial charge >= 0.3 is 0 Å². The van der Waals surface area contributed by atoms with Crippen LogP contribution in [0.25, 0.3) is 0 Å². The fraction of sp³-hybridized carbons (Fsp3) is 0.417. The van der Waals surface area contributed by atoms with E-state index < -0.39 is 4.92 Å². The lowest BCUT2D eigenvalue weighted by molar-refractivity contribution is -0.384. The summed E-state index contributed by atoms with van der Waals surface area (Å²) >= 11 is 0. The topological polar surface area (TPSA) is 63.4 Å². The largest absolute Gasteiger partial charge is 0.329 e. The van der Waals surface area contributed by atoms with Crippen LogP contribution in [0.5, 0.6) is 0 Å². The molecule has 1 heterocycles. The van der Waals surface area contributed by atoms with Gasteiger partial charge in [-0.15, -0.1) is 0 Å². The van der Waals surface area contributed by atoms with Crippen LogP contribution in [-0.4, -0.2) is 21.3 Å². The zero-order chi connectivity index (χ0) is 12.8. The average molecular weight is 234 g/mol. The second-order valence-corrected chi connectivity index (χ2v) is 5.16. The highest BCUT2D eigenvalue weighted by atomic mass is 16.6. The van der Waals surface area contributed by atoms with Crippen LogP contribution in [0.15, 0.2) is 18.2 Å². The van der Waals surface area contributed by atoms with E-state index in [0.717, 1.165) is 5.56 Å². The standard InChI is InChI=1S/C12H14N2O3/c1-12(2,3)13-7-8-4-5-9(14(16)17)6-10(8)11(13)15/h4-6H,7H2,1-3H3. The highest BCUT2D eigenvalue weighted by molar-refractivity contribution is 5.99. The lowest BCUT2D eigenvalue weighted by atomic mass is 10.1. The smallest absolute Gasteiger partial charge is 0.270 e. The van der Waals surface area contributed by atoms with E-state index in [1.807, 2.05) is 20.8 Å². The number of rotatable bonds is 1. The third kappa shape index (κ3) is 1.88. The summed E-state index contributed by atoms with van der Waals surface area (Å²) in [5, 5.41) is 10.7. The van der Waals surface area contributed by atoms with Crippen molar-refractivity contribution < 1.29 is 9.72 Å². The summed E-state index contributed by atoms with van der Waals surface area (Å²) in [6.45, 7) is 6.37. The van der Waals surface area contributed by atoms with E-state index >= 15 is 0 Å². The normalized spacial score (nSPS) is 15.0. The molecule has 5 nitrogen and oxygen atoms in total. The summed E-state index contributed by atoms with van der Waals surface area (Å²) < 4.78 is 0. The molecule has 1 aromatic carbocycles. The predicted molar refractivity (Wildman–Crippen MR) is 62.7 cm³/mol. The number of nitrogens with zero attached hydrogens (tertiary/aromatic N) is 2. The number of hydrogen-bond donors (Lipinski definition) is 0. The molecule has 0 radical (unpaired) electrons. The molecular weight excluding hydrogens is 220 g/mol. The first-order valence-electron chi connectivity index (χ1n) is 5.40. The van der Waals surface area contributed by atoms with Crippen LogP contribution in [0.2, 0.25) is 0 Å². The van der Waals surface area contributed by atoms with Crippen LogP contribution in [0.3, 0.4) is 0 Å². The quantitative estimate of drug-likeness (QED) is 0.553. The molecule has 0 saturated heterocycles. The van der Waals surface area contributed by atoms with Crippen molar-refractivity contribution in [2.24, 2.45) is 0 Å². The van der Waals surface area contributed by atoms with E-state index in [9.17, 15) is 14.9 Å². The fourth-order valence-corrected chi connectivity index (χ4v) is 1.94. The molecule has 1 aliphatic heterocycles. The Morgan fingerprint density at radius 1 is 1.35 bits per heavy atom. The van der Waals surface area contributed by atoms with Crippen molar-refractivity contribution >= 4 is 11.6 Å². The molecular formula is C12H14N2O3. The van der Waals surface area contributed by atoms with Crippen molar-refractivity contribution in [2.45, 2.75) is 32.9 Å². The number of carbonyl (C=O) groups is 1. The van der Waals surface area contributed by atoms with E-state index in [2.05, 4.69) is 0 Å². The monoisotopic (exact) mass is 234 g/mol. The van der Waals surface area contributed by atoms with Crippen LogP contribution < -0.4 is 0 Å². The third-order valence-corrected chi connectivity index (χ3v) is 2.92. The lowest BCUT2D eigenvalue weighted by Crippen LogP contribution is -2.41. The number of fused-ring (bicyclic) bond motifs is 1. The highest BCUT2D eigenvalue weighted by Crippen LogP contribution is 2.31. The Morgan fingerprint density at radius 2 is 2.00 bits per heavy atom. The molecule has 1 aromatic rings. The molecule has 0 spiro atoms. The van der Waals surface area contributed by atoms with Gasteiger partial charge in [0.2, 0.25) is 0 Å². The zero-order valence-electron chi connectivity index (χ0n) is 10.1. The fourth-order valence-electron chi connectivity index (χ4n) is 1.94. The van der Waals surface area contributed by atoms with Gasteiger partial charge in [-0.25, -0.2) is 0 Å². The summed E-state index contributed by atoms with van der Waals surface area (Å²) in [6.07, 6.45) is 0. The third-order valence-electron chi connectivity index (χ3n) is 2.92.